The molecule has 6 heteroatoms. The van der Waals surface area contributed by atoms with Crippen LogP contribution in [0.2, 0.25) is 0 Å². The van der Waals surface area contributed by atoms with Crippen molar-refractivity contribution in [3.8, 4) is 11.3 Å². The Bertz CT molecular complexity index is 994. The number of alkyl halides is 2. The molecule has 1 atom stereocenters. The molecule has 0 saturated heterocycles. The first kappa shape index (κ1) is 20.2. The molecule has 0 spiro atoms. The Morgan fingerprint density at radius 1 is 1.29 bits per heavy atom. The van der Waals surface area contributed by atoms with Crippen molar-refractivity contribution in [1.29, 1.82) is 0 Å². The van der Waals surface area contributed by atoms with E-state index >= 15 is 0 Å². The number of halogens is 2. The molecule has 0 amide bonds. The number of hydrogen-bond acceptors (Lipinski definition) is 2. The first-order chi connectivity index (χ1) is 13.1. The van der Waals surface area contributed by atoms with E-state index in [0.717, 1.165) is 12.0 Å². The molecule has 0 aliphatic carbocycles. The van der Waals surface area contributed by atoms with Crippen molar-refractivity contribution in [2.45, 2.75) is 58.9 Å². The van der Waals surface area contributed by atoms with Crippen molar-refractivity contribution in [1.82, 2.24) is 4.57 Å². The normalized spacial score (nSPS) is 18.3. The van der Waals surface area contributed by atoms with Gasteiger partial charge in [-0.25, -0.2) is 13.6 Å². The Labute approximate surface area is 162 Å². The molecule has 1 N–H and O–H groups in total. The number of fused-ring (bicyclic) bond motifs is 3. The third kappa shape index (κ3) is 3.15. The predicted octanol–water partition coefficient (Wildman–Crippen LogP) is 5.03. The van der Waals surface area contributed by atoms with Crippen molar-refractivity contribution < 1.29 is 18.7 Å². The van der Waals surface area contributed by atoms with Crippen molar-refractivity contribution in [3.05, 3.63) is 56.9 Å². The van der Waals surface area contributed by atoms with E-state index in [1.54, 1.807) is 4.57 Å². The molecular formula is C22H25F2NO3. The van der Waals surface area contributed by atoms with Gasteiger partial charge in [0.25, 0.3) is 6.43 Å². The van der Waals surface area contributed by atoms with Gasteiger partial charge in [-0.2, -0.15) is 0 Å². The largest absolute Gasteiger partial charge is 0.477 e. The molecule has 3 rings (SSSR count). The molecule has 150 valence electrons. The predicted molar refractivity (Wildman–Crippen MR) is 104 cm³/mol. The second-order valence-corrected chi connectivity index (χ2v) is 8.06. The van der Waals surface area contributed by atoms with Crippen LogP contribution in [-0.2, 0) is 18.4 Å². The molecule has 0 saturated carbocycles. The minimum absolute atomic E-state index is 0.0185. The average molecular weight is 389 g/mol. The fourth-order valence-electron chi connectivity index (χ4n) is 4.06. The number of hydrogen-bond donors (Lipinski definition) is 1. The van der Waals surface area contributed by atoms with Crippen molar-refractivity contribution >= 4 is 5.97 Å². The van der Waals surface area contributed by atoms with Gasteiger partial charge in [0.05, 0.1) is 5.69 Å². The lowest BCUT2D eigenvalue weighted by Gasteiger charge is -2.43. The lowest BCUT2D eigenvalue weighted by molar-refractivity contribution is 0.0693. The lowest BCUT2D eigenvalue weighted by Crippen LogP contribution is -2.42. The van der Waals surface area contributed by atoms with Crippen LogP contribution in [0.3, 0.4) is 0 Å². The Kier molecular flexibility index (Phi) is 5.17. The molecule has 1 unspecified atom stereocenters. The molecule has 1 aromatic carbocycles. The number of carboxylic acids is 1. The minimum Gasteiger partial charge on any atom is -0.477 e. The van der Waals surface area contributed by atoms with Crippen LogP contribution in [0.15, 0.2) is 29.2 Å². The summed E-state index contributed by atoms with van der Waals surface area (Å²) in [6.45, 7) is 8.04. The van der Waals surface area contributed by atoms with Gasteiger partial charge in [-0.05, 0) is 42.9 Å². The molecule has 1 aliphatic heterocycles. The molecule has 4 nitrogen and oxygen atoms in total. The molecule has 0 bridgehead atoms. The number of carbonyl (C=O) groups is 1. The van der Waals surface area contributed by atoms with E-state index in [0.29, 0.717) is 29.7 Å². The summed E-state index contributed by atoms with van der Waals surface area (Å²) in [6.07, 6.45) is 0.664. The Hall–Kier alpha value is -2.50. The van der Waals surface area contributed by atoms with Gasteiger partial charge in [-0.3, -0.25) is 4.79 Å². The zero-order valence-corrected chi connectivity index (χ0v) is 16.6. The van der Waals surface area contributed by atoms with Gasteiger partial charge in [0, 0.05) is 28.9 Å². The van der Waals surface area contributed by atoms with E-state index in [4.69, 9.17) is 0 Å². The molecule has 1 aromatic heterocycles. The van der Waals surface area contributed by atoms with Crippen LogP contribution in [0.1, 0.15) is 67.6 Å². The molecule has 0 fully saturated rings. The van der Waals surface area contributed by atoms with E-state index in [9.17, 15) is 23.5 Å². The highest BCUT2D eigenvalue weighted by molar-refractivity contribution is 5.87. The van der Waals surface area contributed by atoms with Crippen molar-refractivity contribution in [2.75, 3.05) is 0 Å². The number of pyridine rings is 1. The zero-order valence-electron chi connectivity index (χ0n) is 16.6. The quantitative estimate of drug-likeness (QED) is 0.780. The topological polar surface area (TPSA) is 59.3 Å². The number of aryl methyl sites for hydroxylation is 1. The van der Waals surface area contributed by atoms with Crippen LogP contribution in [0.5, 0.6) is 0 Å². The molecule has 0 radical (unpaired) electrons. The average Bonchev–Trinajstić information content (AvgIpc) is 2.60. The number of rotatable bonds is 5. The number of carboxylic acid groups (broad SMARTS) is 1. The summed E-state index contributed by atoms with van der Waals surface area (Å²) in [5.41, 5.74) is 1.22. The fourth-order valence-corrected chi connectivity index (χ4v) is 4.06. The van der Waals surface area contributed by atoms with Gasteiger partial charge >= 0.3 is 5.97 Å². The number of aromatic nitrogens is 1. The van der Waals surface area contributed by atoms with Crippen LogP contribution in [0.4, 0.5) is 8.78 Å². The van der Waals surface area contributed by atoms with Gasteiger partial charge in [-0.15, -0.1) is 0 Å². The standard InChI is InChI=1S/C22H25F2NO3/c1-5-6-13-7-14-10-22(4,12(2)3)25-11-17(21(27)28)19(26)9-18(25)15(14)8-16(13)20(23)24/h7-9,11-12,20H,5-6,10H2,1-4H3,(H,27,28). The smallest absolute Gasteiger partial charge is 0.341 e. The first-order valence-electron chi connectivity index (χ1n) is 9.54. The maximum atomic E-state index is 13.7. The molecule has 28 heavy (non-hydrogen) atoms. The fraction of sp³-hybridized carbons (Fsp3) is 0.455. The summed E-state index contributed by atoms with van der Waals surface area (Å²) < 4.78 is 29.2. The monoisotopic (exact) mass is 389 g/mol. The Morgan fingerprint density at radius 2 is 1.96 bits per heavy atom. The van der Waals surface area contributed by atoms with Crippen LogP contribution < -0.4 is 5.43 Å². The molecule has 2 heterocycles. The summed E-state index contributed by atoms with van der Waals surface area (Å²) >= 11 is 0. The SMILES string of the molecule is CCCc1cc2c(cc1C(F)F)-c1cc(=O)c(C(=O)O)cn1C(C)(C(C)C)C2. The van der Waals surface area contributed by atoms with Crippen LogP contribution >= 0.6 is 0 Å². The van der Waals surface area contributed by atoms with Gasteiger partial charge in [0.1, 0.15) is 5.56 Å². The highest BCUT2D eigenvalue weighted by Gasteiger charge is 2.38. The second-order valence-electron chi connectivity index (χ2n) is 8.06. The highest BCUT2D eigenvalue weighted by Crippen LogP contribution is 2.43. The lowest BCUT2D eigenvalue weighted by atomic mass is 9.76. The molecule has 1 aliphatic rings. The van der Waals surface area contributed by atoms with Gasteiger partial charge < -0.3 is 9.67 Å². The van der Waals surface area contributed by atoms with E-state index in [-0.39, 0.29) is 17.0 Å². The summed E-state index contributed by atoms with van der Waals surface area (Å²) in [6, 6.07) is 4.60. The van der Waals surface area contributed by atoms with Crippen molar-refractivity contribution in [2.24, 2.45) is 5.92 Å². The van der Waals surface area contributed by atoms with Gasteiger partial charge in [0.15, 0.2) is 5.43 Å². The number of aromatic carboxylic acids is 1. The Balaban J connectivity index is 2.36. The van der Waals surface area contributed by atoms with E-state index in [1.807, 2.05) is 33.8 Å². The van der Waals surface area contributed by atoms with Crippen LogP contribution in [-0.4, -0.2) is 15.6 Å². The number of benzene rings is 1. The summed E-state index contributed by atoms with van der Waals surface area (Å²) in [4.78, 5) is 23.9. The summed E-state index contributed by atoms with van der Waals surface area (Å²) in [5, 5.41) is 9.37. The third-order valence-corrected chi connectivity index (χ3v) is 6.02. The van der Waals surface area contributed by atoms with Crippen LogP contribution in [0.25, 0.3) is 11.3 Å². The second kappa shape index (κ2) is 7.15. The maximum absolute atomic E-state index is 13.7. The van der Waals surface area contributed by atoms with E-state index < -0.39 is 23.4 Å². The summed E-state index contributed by atoms with van der Waals surface area (Å²) in [7, 11) is 0. The van der Waals surface area contributed by atoms with Gasteiger partial charge in [0.2, 0.25) is 0 Å². The first-order valence-corrected chi connectivity index (χ1v) is 9.54. The van der Waals surface area contributed by atoms with Crippen LogP contribution in [0, 0.1) is 5.92 Å². The minimum atomic E-state index is -2.61. The maximum Gasteiger partial charge on any atom is 0.341 e. The van der Waals surface area contributed by atoms with Gasteiger partial charge in [-0.1, -0.05) is 33.3 Å². The third-order valence-electron chi connectivity index (χ3n) is 6.02. The van der Waals surface area contributed by atoms with Crippen molar-refractivity contribution in [3.63, 3.8) is 0 Å². The number of nitrogens with zero attached hydrogens (tertiary/aromatic N) is 1. The van der Waals surface area contributed by atoms with E-state index in [1.165, 1.54) is 18.3 Å². The molecule has 2 aromatic rings. The molecular weight excluding hydrogens is 364 g/mol. The zero-order chi connectivity index (χ0) is 20.8. The van der Waals surface area contributed by atoms with E-state index in [2.05, 4.69) is 0 Å². The Morgan fingerprint density at radius 3 is 2.50 bits per heavy atom. The summed E-state index contributed by atoms with van der Waals surface area (Å²) in [5.74, 6) is -1.16. The highest BCUT2D eigenvalue weighted by atomic mass is 19.3.